The predicted octanol–water partition coefficient (Wildman–Crippen LogP) is 5.65. The number of aromatic hydroxyl groups is 1. The summed E-state index contributed by atoms with van der Waals surface area (Å²) in [6.45, 7) is 14.5. The van der Waals surface area contributed by atoms with Crippen molar-refractivity contribution in [3.8, 4) is 5.75 Å². The van der Waals surface area contributed by atoms with Gasteiger partial charge in [-0.2, -0.15) is 0 Å². The average Bonchev–Trinajstić information content (AvgIpc) is 2.42. The standard InChI is InChI=1S/C10H14.C7H8O.C2H6/c1-7-5-8(2)10(4)9(3)6-7;1-6-4-2-3-5-7(6)8;1-2/h5-6H,1-4H3;2-5,8H,1H3;1-2H3. The molecule has 2 aromatic carbocycles. The molecule has 1 nitrogen and oxygen atoms in total. The smallest absolute Gasteiger partial charge is 0.118 e. The van der Waals surface area contributed by atoms with Crippen LogP contribution in [0.2, 0.25) is 0 Å². The van der Waals surface area contributed by atoms with Crippen LogP contribution in [0.25, 0.3) is 0 Å². The zero-order valence-corrected chi connectivity index (χ0v) is 13.9. The first-order chi connectivity index (χ1) is 9.41. The highest BCUT2D eigenvalue weighted by atomic mass is 16.3. The number of hydrogen-bond donors (Lipinski definition) is 1. The van der Waals surface area contributed by atoms with Gasteiger partial charge in [0, 0.05) is 0 Å². The van der Waals surface area contributed by atoms with Crippen molar-refractivity contribution in [2.75, 3.05) is 0 Å². The maximum atomic E-state index is 8.92. The van der Waals surface area contributed by atoms with Crippen LogP contribution in [-0.4, -0.2) is 5.11 Å². The van der Waals surface area contributed by atoms with E-state index in [1.165, 1.54) is 22.3 Å². The highest BCUT2D eigenvalue weighted by molar-refractivity contribution is 5.36. The molecule has 0 heterocycles. The molecule has 0 aliphatic carbocycles. The van der Waals surface area contributed by atoms with Crippen molar-refractivity contribution in [1.82, 2.24) is 0 Å². The van der Waals surface area contributed by atoms with Gasteiger partial charge in [-0.3, -0.25) is 0 Å². The molecule has 110 valence electrons. The molecule has 0 aromatic heterocycles. The van der Waals surface area contributed by atoms with Crippen molar-refractivity contribution in [1.29, 1.82) is 0 Å². The topological polar surface area (TPSA) is 20.2 Å². The van der Waals surface area contributed by atoms with Crippen LogP contribution in [0.3, 0.4) is 0 Å². The van der Waals surface area contributed by atoms with Gasteiger partial charge < -0.3 is 5.11 Å². The summed E-state index contributed by atoms with van der Waals surface area (Å²) in [7, 11) is 0. The molecule has 1 heteroatoms. The first kappa shape index (κ1) is 18.2. The molecule has 0 saturated heterocycles. The molecule has 0 fully saturated rings. The number of phenols is 1. The second kappa shape index (κ2) is 9.19. The molecule has 0 saturated carbocycles. The number of benzene rings is 2. The fraction of sp³-hybridized carbons (Fsp3) is 0.368. The molecule has 0 spiro atoms. The maximum absolute atomic E-state index is 8.92. The van der Waals surface area contributed by atoms with E-state index in [1.54, 1.807) is 6.07 Å². The number of hydrogen-bond acceptors (Lipinski definition) is 1. The Hall–Kier alpha value is -1.76. The molecule has 20 heavy (non-hydrogen) atoms. The lowest BCUT2D eigenvalue weighted by molar-refractivity contribution is 0.471. The van der Waals surface area contributed by atoms with Gasteiger partial charge in [0.1, 0.15) is 5.75 Å². The lowest BCUT2D eigenvalue weighted by Crippen LogP contribution is -1.86. The van der Waals surface area contributed by atoms with E-state index in [4.69, 9.17) is 5.11 Å². The predicted molar refractivity (Wildman–Crippen MR) is 89.6 cm³/mol. The van der Waals surface area contributed by atoms with Crippen LogP contribution in [-0.2, 0) is 0 Å². The van der Waals surface area contributed by atoms with Crippen molar-refractivity contribution in [3.05, 3.63) is 64.2 Å². The zero-order chi connectivity index (χ0) is 15.7. The van der Waals surface area contributed by atoms with Crippen LogP contribution in [0, 0.1) is 34.6 Å². The van der Waals surface area contributed by atoms with E-state index in [9.17, 15) is 0 Å². The van der Waals surface area contributed by atoms with Crippen LogP contribution in [0.15, 0.2) is 36.4 Å². The minimum absolute atomic E-state index is 0.368. The van der Waals surface area contributed by atoms with E-state index >= 15 is 0 Å². The van der Waals surface area contributed by atoms with Gasteiger partial charge >= 0.3 is 0 Å². The lowest BCUT2D eigenvalue weighted by Gasteiger charge is -2.04. The Morgan fingerprint density at radius 1 is 0.700 bits per heavy atom. The van der Waals surface area contributed by atoms with Crippen molar-refractivity contribution < 1.29 is 5.11 Å². The van der Waals surface area contributed by atoms with E-state index in [-0.39, 0.29) is 0 Å². The highest BCUT2D eigenvalue weighted by Crippen LogP contribution is 2.14. The van der Waals surface area contributed by atoms with Crippen molar-refractivity contribution in [3.63, 3.8) is 0 Å². The molecule has 0 unspecified atom stereocenters. The van der Waals surface area contributed by atoms with Crippen molar-refractivity contribution in [2.24, 2.45) is 0 Å². The summed E-state index contributed by atoms with van der Waals surface area (Å²) < 4.78 is 0. The summed E-state index contributed by atoms with van der Waals surface area (Å²) in [5.74, 6) is 0.368. The molecule has 2 aromatic rings. The molecule has 0 radical (unpaired) electrons. The Balaban J connectivity index is 0.000000327. The molecular weight excluding hydrogens is 244 g/mol. The third-order valence-corrected chi connectivity index (χ3v) is 3.19. The van der Waals surface area contributed by atoms with Crippen LogP contribution in [0.4, 0.5) is 0 Å². The molecule has 0 aliphatic rings. The number of phenolic OH excluding ortho intramolecular Hbond substituents is 1. The quantitative estimate of drug-likeness (QED) is 0.657. The Morgan fingerprint density at radius 3 is 1.50 bits per heavy atom. The number of para-hydroxylation sites is 1. The van der Waals surface area contributed by atoms with E-state index < -0.39 is 0 Å². The third-order valence-electron chi connectivity index (χ3n) is 3.19. The fourth-order valence-electron chi connectivity index (χ4n) is 1.82. The van der Waals surface area contributed by atoms with Crippen LogP contribution in [0.5, 0.6) is 5.75 Å². The average molecular weight is 272 g/mol. The lowest BCUT2D eigenvalue weighted by atomic mass is 10.0. The second-order valence-electron chi connectivity index (χ2n) is 4.81. The van der Waals surface area contributed by atoms with Gasteiger partial charge in [0.15, 0.2) is 0 Å². The fourth-order valence-corrected chi connectivity index (χ4v) is 1.82. The number of aryl methyl sites for hydroxylation is 4. The zero-order valence-electron chi connectivity index (χ0n) is 13.9. The minimum Gasteiger partial charge on any atom is -0.508 e. The van der Waals surface area contributed by atoms with Crippen molar-refractivity contribution >= 4 is 0 Å². The maximum Gasteiger partial charge on any atom is 0.118 e. The third kappa shape index (κ3) is 5.92. The molecule has 0 atom stereocenters. The van der Waals surface area contributed by atoms with Gasteiger partial charge in [-0.15, -0.1) is 0 Å². The summed E-state index contributed by atoms with van der Waals surface area (Å²) >= 11 is 0. The number of rotatable bonds is 0. The van der Waals surface area contributed by atoms with Crippen LogP contribution in [0.1, 0.15) is 41.7 Å². The van der Waals surface area contributed by atoms with Gasteiger partial charge in [-0.05, 0) is 62.9 Å². The first-order valence-corrected chi connectivity index (χ1v) is 7.21. The summed E-state index contributed by atoms with van der Waals surface area (Å²) in [5, 5.41) is 8.92. The molecule has 2 rings (SSSR count). The van der Waals surface area contributed by atoms with Crippen LogP contribution >= 0.6 is 0 Å². The molecule has 1 N–H and O–H groups in total. The SMILES string of the molecule is CC.Cc1cc(C)c(C)c(C)c1.Cc1ccccc1O. The van der Waals surface area contributed by atoms with E-state index in [0.29, 0.717) is 5.75 Å². The van der Waals surface area contributed by atoms with E-state index in [0.717, 1.165) is 5.56 Å². The molecule has 0 bridgehead atoms. The Kier molecular flexibility index (Phi) is 8.38. The highest BCUT2D eigenvalue weighted by Gasteiger charge is 1.96. The summed E-state index contributed by atoms with van der Waals surface area (Å²) in [6.07, 6.45) is 0. The van der Waals surface area contributed by atoms with Gasteiger partial charge in [-0.25, -0.2) is 0 Å². The van der Waals surface area contributed by atoms with Crippen molar-refractivity contribution in [2.45, 2.75) is 48.5 Å². The normalized spacial score (nSPS) is 8.95. The Bertz CT molecular complexity index is 483. The van der Waals surface area contributed by atoms with Crippen LogP contribution < -0.4 is 0 Å². The monoisotopic (exact) mass is 272 g/mol. The molecule has 0 amide bonds. The Labute approximate surface area is 124 Å². The van der Waals surface area contributed by atoms with Gasteiger partial charge in [0.05, 0.1) is 0 Å². The first-order valence-electron chi connectivity index (χ1n) is 7.21. The summed E-state index contributed by atoms with van der Waals surface area (Å²) in [5.41, 5.74) is 6.51. The van der Waals surface area contributed by atoms with E-state index in [1.807, 2.05) is 39.0 Å². The van der Waals surface area contributed by atoms with E-state index in [2.05, 4.69) is 39.8 Å². The summed E-state index contributed by atoms with van der Waals surface area (Å²) in [6, 6.07) is 11.7. The summed E-state index contributed by atoms with van der Waals surface area (Å²) in [4.78, 5) is 0. The van der Waals surface area contributed by atoms with Gasteiger partial charge in [0.25, 0.3) is 0 Å². The second-order valence-corrected chi connectivity index (χ2v) is 4.81. The largest absolute Gasteiger partial charge is 0.508 e. The Morgan fingerprint density at radius 2 is 1.15 bits per heavy atom. The van der Waals surface area contributed by atoms with Gasteiger partial charge in [-0.1, -0.05) is 49.7 Å². The molecule has 0 aliphatic heterocycles. The van der Waals surface area contributed by atoms with Gasteiger partial charge in [0.2, 0.25) is 0 Å². The minimum atomic E-state index is 0.368. The molecular formula is C19H28O.